The molecule has 0 saturated heterocycles. The molecule has 1 aromatic carbocycles. The van der Waals surface area contributed by atoms with Crippen molar-refractivity contribution >= 4 is 11.6 Å². The number of anilines is 1. The average molecular weight is 306 g/mol. The summed E-state index contributed by atoms with van der Waals surface area (Å²) in [6.07, 6.45) is 5.92. The summed E-state index contributed by atoms with van der Waals surface area (Å²) >= 11 is 0. The minimum Gasteiger partial charge on any atom is -0.399 e. The van der Waals surface area contributed by atoms with Crippen LogP contribution in [0, 0.1) is 12.3 Å². The van der Waals surface area contributed by atoms with Crippen LogP contribution in [0.15, 0.2) is 18.2 Å². The number of hydrogen-bond acceptors (Lipinski definition) is 5. The molecule has 0 aliphatic heterocycles. The van der Waals surface area contributed by atoms with E-state index in [2.05, 4.69) is 11.2 Å². The predicted molar refractivity (Wildman–Crippen MR) is 84.5 cm³/mol. The molecule has 0 aromatic heterocycles. The molecular formula is C16H22N2O4. The summed E-state index contributed by atoms with van der Waals surface area (Å²) < 4.78 is 10.5. The molecule has 0 atom stereocenters. The molecule has 1 amide bonds. The van der Waals surface area contributed by atoms with Crippen molar-refractivity contribution in [1.29, 1.82) is 0 Å². The van der Waals surface area contributed by atoms with Gasteiger partial charge >= 0.3 is 0 Å². The van der Waals surface area contributed by atoms with Gasteiger partial charge in [0.15, 0.2) is 0 Å². The lowest BCUT2D eigenvalue weighted by molar-refractivity contribution is 0.0432. The number of benzene rings is 1. The summed E-state index contributed by atoms with van der Waals surface area (Å²) in [7, 11) is 0. The van der Waals surface area contributed by atoms with Crippen LogP contribution in [0.25, 0.3) is 0 Å². The zero-order valence-corrected chi connectivity index (χ0v) is 12.5. The number of amides is 1. The smallest absolute Gasteiger partial charge is 0.251 e. The van der Waals surface area contributed by atoms with Crippen molar-refractivity contribution in [3.05, 3.63) is 29.3 Å². The number of aliphatic hydroxyl groups excluding tert-OH is 1. The Balaban J connectivity index is 2.19. The highest BCUT2D eigenvalue weighted by Crippen LogP contribution is 2.11. The van der Waals surface area contributed by atoms with Crippen molar-refractivity contribution in [2.45, 2.75) is 6.42 Å². The van der Waals surface area contributed by atoms with Gasteiger partial charge in [0, 0.05) is 36.6 Å². The van der Waals surface area contributed by atoms with E-state index in [9.17, 15) is 4.79 Å². The highest BCUT2D eigenvalue weighted by atomic mass is 16.5. The largest absolute Gasteiger partial charge is 0.399 e. The van der Waals surface area contributed by atoms with Crippen LogP contribution in [-0.4, -0.2) is 50.6 Å². The van der Waals surface area contributed by atoms with Gasteiger partial charge in [-0.3, -0.25) is 4.79 Å². The molecule has 0 spiro atoms. The third-order valence-electron chi connectivity index (χ3n) is 2.73. The molecule has 0 bridgehead atoms. The lowest BCUT2D eigenvalue weighted by atomic mass is 10.1. The molecule has 4 N–H and O–H groups in total. The van der Waals surface area contributed by atoms with Gasteiger partial charge in [0.2, 0.25) is 0 Å². The molecule has 0 fully saturated rings. The van der Waals surface area contributed by atoms with Crippen LogP contribution in [0.2, 0.25) is 0 Å². The van der Waals surface area contributed by atoms with Crippen molar-refractivity contribution in [2.24, 2.45) is 0 Å². The fourth-order valence-electron chi connectivity index (χ4n) is 1.69. The number of nitrogen functional groups attached to an aromatic ring is 1. The average Bonchev–Trinajstić information content (AvgIpc) is 2.52. The van der Waals surface area contributed by atoms with Crippen molar-refractivity contribution in [3.8, 4) is 12.3 Å². The molecular weight excluding hydrogens is 284 g/mol. The van der Waals surface area contributed by atoms with Crippen LogP contribution in [-0.2, 0) is 9.47 Å². The van der Waals surface area contributed by atoms with Crippen LogP contribution >= 0.6 is 0 Å². The van der Waals surface area contributed by atoms with Crippen molar-refractivity contribution in [3.63, 3.8) is 0 Å². The molecule has 6 heteroatoms. The van der Waals surface area contributed by atoms with E-state index in [0.717, 1.165) is 0 Å². The van der Waals surface area contributed by atoms with Crippen LogP contribution in [0.5, 0.6) is 0 Å². The lowest BCUT2D eigenvalue weighted by Crippen LogP contribution is -2.27. The number of ether oxygens (including phenoxy) is 2. The summed E-state index contributed by atoms with van der Waals surface area (Å²) in [5, 5.41) is 11.3. The Labute approximate surface area is 130 Å². The minimum absolute atomic E-state index is 0.123. The number of rotatable bonds is 10. The highest BCUT2D eigenvalue weighted by Gasteiger charge is 2.06. The van der Waals surface area contributed by atoms with Gasteiger partial charge in [0.1, 0.15) is 0 Å². The quantitative estimate of drug-likeness (QED) is 0.330. The number of nitrogens with two attached hydrogens (primary N) is 1. The van der Waals surface area contributed by atoms with Gasteiger partial charge in [0.25, 0.3) is 5.91 Å². The van der Waals surface area contributed by atoms with Gasteiger partial charge in [-0.15, -0.1) is 6.42 Å². The fraction of sp³-hybridized carbons (Fsp3) is 0.438. The van der Waals surface area contributed by atoms with Crippen LogP contribution in [0.3, 0.4) is 0 Å². The maximum atomic E-state index is 11.9. The van der Waals surface area contributed by atoms with E-state index in [0.29, 0.717) is 56.2 Å². The predicted octanol–water partition coefficient (Wildman–Crippen LogP) is 0.396. The molecule has 120 valence electrons. The van der Waals surface area contributed by atoms with E-state index in [1.54, 1.807) is 18.2 Å². The minimum atomic E-state index is -0.244. The topological polar surface area (TPSA) is 93.8 Å². The molecule has 0 saturated carbocycles. The third-order valence-corrected chi connectivity index (χ3v) is 2.73. The van der Waals surface area contributed by atoms with Gasteiger partial charge in [0.05, 0.1) is 19.8 Å². The highest BCUT2D eigenvalue weighted by molar-refractivity contribution is 5.95. The van der Waals surface area contributed by atoms with Gasteiger partial charge in [-0.2, -0.15) is 0 Å². The normalized spacial score (nSPS) is 10.2. The zero-order chi connectivity index (χ0) is 16.2. The Bertz CT molecular complexity index is 511. The Hall–Kier alpha value is -2.07. The maximum absolute atomic E-state index is 11.9. The summed E-state index contributed by atoms with van der Waals surface area (Å²) in [6.45, 7) is 2.33. The SMILES string of the molecule is C#Cc1cc(N)cc(C(=O)NCCOCCOCCCO)c1. The van der Waals surface area contributed by atoms with Crippen LogP contribution in [0.1, 0.15) is 22.3 Å². The van der Waals surface area contributed by atoms with Crippen LogP contribution < -0.4 is 11.1 Å². The first-order valence-corrected chi connectivity index (χ1v) is 7.09. The van der Waals surface area contributed by atoms with E-state index < -0.39 is 0 Å². The molecule has 1 rings (SSSR count). The first-order chi connectivity index (χ1) is 10.7. The standard InChI is InChI=1S/C16H22N2O4/c1-2-13-10-14(12-15(17)11-13)16(20)18-4-7-22-9-8-21-6-3-5-19/h1,10-12,19H,3-9,17H2,(H,18,20). The number of nitrogens with one attached hydrogen (secondary N) is 1. The van der Waals surface area contributed by atoms with Gasteiger partial charge < -0.3 is 25.6 Å². The molecule has 0 aliphatic rings. The number of carbonyl (C=O) groups excluding carboxylic acids is 1. The van der Waals surface area contributed by atoms with Crippen molar-refractivity contribution < 1.29 is 19.4 Å². The molecule has 0 radical (unpaired) electrons. The zero-order valence-electron chi connectivity index (χ0n) is 12.5. The lowest BCUT2D eigenvalue weighted by Gasteiger charge is -2.08. The van der Waals surface area contributed by atoms with Crippen molar-refractivity contribution in [2.75, 3.05) is 45.3 Å². The molecule has 6 nitrogen and oxygen atoms in total. The van der Waals surface area contributed by atoms with E-state index >= 15 is 0 Å². The molecule has 0 heterocycles. The van der Waals surface area contributed by atoms with Gasteiger partial charge in [-0.25, -0.2) is 0 Å². The van der Waals surface area contributed by atoms with Gasteiger partial charge in [-0.1, -0.05) is 5.92 Å². The summed E-state index contributed by atoms with van der Waals surface area (Å²) in [5.41, 5.74) is 7.14. The Morgan fingerprint density at radius 2 is 1.95 bits per heavy atom. The summed E-state index contributed by atoms with van der Waals surface area (Å²) in [5.74, 6) is 2.21. The first kappa shape index (κ1) is 18.0. The second-order valence-electron chi connectivity index (χ2n) is 4.55. The Morgan fingerprint density at radius 1 is 1.23 bits per heavy atom. The van der Waals surface area contributed by atoms with E-state index in [1.165, 1.54) is 0 Å². The van der Waals surface area contributed by atoms with E-state index in [1.807, 2.05) is 0 Å². The first-order valence-electron chi connectivity index (χ1n) is 7.09. The molecule has 22 heavy (non-hydrogen) atoms. The van der Waals surface area contributed by atoms with Crippen LogP contribution in [0.4, 0.5) is 5.69 Å². The van der Waals surface area contributed by atoms with Gasteiger partial charge in [-0.05, 0) is 24.6 Å². The van der Waals surface area contributed by atoms with Crippen molar-refractivity contribution in [1.82, 2.24) is 5.32 Å². The Kier molecular flexibility index (Phi) is 8.69. The fourth-order valence-corrected chi connectivity index (χ4v) is 1.69. The van der Waals surface area contributed by atoms with E-state index in [-0.39, 0.29) is 12.5 Å². The van der Waals surface area contributed by atoms with E-state index in [4.69, 9.17) is 26.7 Å². The molecule has 0 aliphatic carbocycles. The second kappa shape index (κ2) is 10.6. The number of hydrogen-bond donors (Lipinski definition) is 3. The monoisotopic (exact) mass is 306 g/mol. The number of aliphatic hydroxyl groups is 1. The summed E-state index contributed by atoms with van der Waals surface area (Å²) in [6, 6.07) is 4.82. The number of carbonyl (C=O) groups is 1. The molecule has 1 aromatic rings. The second-order valence-corrected chi connectivity index (χ2v) is 4.55. The molecule has 0 unspecified atom stereocenters. The Morgan fingerprint density at radius 3 is 2.64 bits per heavy atom. The summed E-state index contributed by atoms with van der Waals surface area (Å²) in [4.78, 5) is 11.9. The third kappa shape index (κ3) is 7.09. The maximum Gasteiger partial charge on any atom is 0.251 e. The number of terminal acetylenes is 1.